The van der Waals surface area contributed by atoms with E-state index in [0.29, 0.717) is 25.1 Å². The van der Waals surface area contributed by atoms with Gasteiger partial charge in [0.05, 0.1) is 7.11 Å². The number of carbonyl (C=O) groups is 1. The largest absolute Gasteiger partial charge is 0.496 e. The summed E-state index contributed by atoms with van der Waals surface area (Å²) in [6.07, 6.45) is 1.65. The highest BCUT2D eigenvalue weighted by molar-refractivity contribution is 5.92. The minimum absolute atomic E-state index is 0.0599. The maximum absolute atomic E-state index is 14.2. The predicted molar refractivity (Wildman–Crippen MR) is 129 cm³/mol. The number of alkyl halides is 1. The summed E-state index contributed by atoms with van der Waals surface area (Å²) in [4.78, 5) is 19.5. The van der Waals surface area contributed by atoms with Crippen molar-refractivity contribution in [1.82, 2.24) is 14.8 Å². The quantitative estimate of drug-likeness (QED) is 0.537. The van der Waals surface area contributed by atoms with E-state index in [9.17, 15) is 9.18 Å². The number of benzene rings is 2. The highest BCUT2D eigenvalue weighted by atomic mass is 19.1. The lowest BCUT2D eigenvalue weighted by molar-refractivity contribution is 0.0525. The summed E-state index contributed by atoms with van der Waals surface area (Å²) in [5.41, 5.74) is 10.4. The van der Waals surface area contributed by atoms with Crippen molar-refractivity contribution in [2.24, 2.45) is 5.73 Å². The highest BCUT2D eigenvalue weighted by Crippen LogP contribution is 2.35. The number of aromatic amines is 1. The zero-order valence-electron chi connectivity index (χ0n) is 19.6. The van der Waals surface area contributed by atoms with Crippen LogP contribution in [0.4, 0.5) is 4.39 Å². The van der Waals surface area contributed by atoms with Gasteiger partial charge in [-0.2, -0.15) is 0 Å². The van der Waals surface area contributed by atoms with Crippen LogP contribution in [0.5, 0.6) is 5.75 Å². The smallest absolute Gasteiger partial charge is 0.248 e. The second kappa shape index (κ2) is 9.93. The molecule has 1 aliphatic rings. The Labute approximate surface area is 194 Å². The van der Waals surface area contributed by atoms with Gasteiger partial charge in [-0.25, -0.2) is 4.39 Å². The molecule has 33 heavy (non-hydrogen) atoms. The summed E-state index contributed by atoms with van der Waals surface area (Å²) in [6, 6.07) is 11.7. The molecule has 1 fully saturated rings. The molecular weight excluding hydrogens is 419 g/mol. The molecule has 3 N–H and O–H groups in total. The molecule has 1 amide bonds. The monoisotopic (exact) mass is 452 g/mol. The van der Waals surface area contributed by atoms with Gasteiger partial charge in [-0.15, -0.1) is 0 Å². The molecule has 1 aromatic heterocycles. The Morgan fingerprint density at radius 3 is 2.70 bits per heavy atom. The average molecular weight is 453 g/mol. The fourth-order valence-electron chi connectivity index (χ4n) is 4.81. The summed E-state index contributed by atoms with van der Waals surface area (Å²) in [5.74, 6) is 0.436. The second-order valence-corrected chi connectivity index (χ2v) is 8.88. The first-order valence-corrected chi connectivity index (χ1v) is 11.5. The van der Waals surface area contributed by atoms with Gasteiger partial charge in [0.1, 0.15) is 11.9 Å². The number of nitrogens with one attached hydrogen (secondary N) is 1. The standard InChI is InChI=1S/C26H33FN4O2/c1-4-20(27)14-30-11-12-31(23(16-30)18-5-7-19(8-6-18)26(28)32)15-22-21-9-10-29-25(21)17(2)13-24(22)33-3/h5-10,13,20,23,29H,4,11-12,14-16H2,1-3H3,(H2,28,32). The van der Waals surface area contributed by atoms with Gasteiger partial charge in [0, 0.05) is 67.0 Å². The molecule has 0 saturated carbocycles. The number of hydrogen-bond donors (Lipinski definition) is 2. The van der Waals surface area contributed by atoms with Crippen molar-refractivity contribution in [3.05, 3.63) is 64.8 Å². The average Bonchev–Trinajstić information content (AvgIpc) is 3.32. The van der Waals surface area contributed by atoms with Crippen molar-refractivity contribution in [3.8, 4) is 5.75 Å². The second-order valence-electron chi connectivity index (χ2n) is 8.88. The molecule has 0 aliphatic carbocycles. The maximum atomic E-state index is 14.2. The van der Waals surface area contributed by atoms with E-state index in [1.54, 1.807) is 19.2 Å². The van der Waals surface area contributed by atoms with Gasteiger partial charge in [-0.05, 0) is 48.7 Å². The van der Waals surface area contributed by atoms with Crippen molar-refractivity contribution >= 4 is 16.8 Å². The SMILES string of the molecule is CCC(F)CN1CCN(Cc2c(OC)cc(C)c3[nH]ccc23)C(c2ccc(C(N)=O)cc2)C1. The zero-order valence-corrected chi connectivity index (χ0v) is 19.6. The first kappa shape index (κ1) is 23.3. The lowest BCUT2D eigenvalue weighted by atomic mass is 9.98. The number of H-pyrrole nitrogens is 1. The van der Waals surface area contributed by atoms with Crippen LogP contribution in [0.25, 0.3) is 10.9 Å². The lowest BCUT2D eigenvalue weighted by Gasteiger charge is -2.42. The topological polar surface area (TPSA) is 74.6 Å². The minimum atomic E-state index is -0.828. The molecule has 2 atom stereocenters. The number of rotatable bonds is 8. The normalized spacial score (nSPS) is 18.5. The van der Waals surface area contributed by atoms with Crippen LogP contribution >= 0.6 is 0 Å². The van der Waals surface area contributed by atoms with Crippen LogP contribution in [0.1, 0.15) is 46.4 Å². The molecule has 2 unspecified atom stereocenters. The van der Waals surface area contributed by atoms with Crippen molar-refractivity contribution in [1.29, 1.82) is 0 Å². The van der Waals surface area contributed by atoms with Gasteiger partial charge in [0.25, 0.3) is 0 Å². The minimum Gasteiger partial charge on any atom is -0.496 e. The summed E-state index contributed by atoms with van der Waals surface area (Å²) >= 11 is 0. The third kappa shape index (κ3) is 4.89. The van der Waals surface area contributed by atoms with Crippen LogP contribution in [0.3, 0.4) is 0 Å². The van der Waals surface area contributed by atoms with E-state index in [-0.39, 0.29) is 6.04 Å². The Morgan fingerprint density at radius 2 is 2.03 bits per heavy atom. The number of methoxy groups -OCH3 is 1. The number of ether oxygens (including phenoxy) is 1. The van der Waals surface area contributed by atoms with Crippen molar-refractivity contribution in [2.75, 3.05) is 33.3 Å². The van der Waals surface area contributed by atoms with E-state index in [2.05, 4.69) is 33.8 Å². The molecule has 2 heterocycles. The maximum Gasteiger partial charge on any atom is 0.248 e. The van der Waals surface area contributed by atoms with E-state index in [1.807, 2.05) is 25.3 Å². The van der Waals surface area contributed by atoms with E-state index in [0.717, 1.165) is 53.0 Å². The summed E-state index contributed by atoms with van der Waals surface area (Å²) in [6.45, 7) is 7.45. The first-order valence-electron chi connectivity index (χ1n) is 11.5. The van der Waals surface area contributed by atoms with Crippen molar-refractivity contribution in [3.63, 3.8) is 0 Å². The van der Waals surface area contributed by atoms with E-state index in [4.69, 9.17) is 10.5 Å². The van der Waals surface area contributed by atoms with Crippen LogP contribution < -0.4 is 10.5 Å². The molecule has 7 heteroatoms. The van der Waals surface area contributed by atoms with Gasteiger partial charge < -0.3 is 15.5 Å². The molecule has 2 aromatic carbocycles. The Kier molecular flexibility index (Phi) is 7.00. The zero-order chi connectivity index (χ0) is 23.5. The van der Waals surface area contributed by atoms with Crippen molar-refractivity contribution < 1.29 is 13.9 Å². The summed E-state index contributed by atoms with van der Waals surface area (Å²) in [5, 5.41) is 1.16. The summed E-state index contributed by atoms with van der Waals surface area (Å²) in [7, 11) is 1.71. The van der Waals surface area contributed by atoms with Crippen LogP contribution in [0, 0.1) is 6.92 Å². The third-order valence-electron chi connectivity index (χ3n) is 6.75. The lowest BCUT2D eigenvalue weighted by Crippen LogP contribution is -2.49. The number of hydrogen-bond acceptors (Lipinski definition) is 4. The van der Waals surface area contributed by atoms with Crippen LogP contribution in [0.2, 0.25) is 0 Å². The van der Waals surface area contributed by atoms with E-state index in [1.165, 1.54) is 0 Å². The molecular formula is C26H33FN4O2. The van der Waals surface area contributed by atoms with E-state index >= 15 is 0 Å². The van der Waals surface area contributed by atoms with Gasteiger partial charge in [-0.3, -0.25) is 14.6 Å². The molecule has 1 aliphatic heterocycles. The number of halogens is 1. The first-order chi connectivity index (χ1) is 15.9. The van der Waals surface area contributed by atoms with Crippen LogP contribution in [0.15, 0.2) is 42.6 Å². The van der Waals surface area contributed by atoms with Gasteiger partial charge in [0.15, 0.2) is 0 Å². The fourth-order valence-corrected chi connectivity index (χ4v) is 4.81. The van der Waals surface area contributed by atoms with Crippen molar-refractivity contribution in [2.45, 2.75) is 39.0 Å². The Bertz CT molecular complexity index is 1110. The molecule has 6 nitrogen and oxygen atoms in total. The molecule has 0 spiro atoms. The predicted octanol–water partition coefficient (Wildman–Crippen LogP) is 4.19. The van der Waals surface area contributed by atoms with Gasteiger partial charge in [-0.1, -0.05) is 19.1 Å². The molecule has 1 saturated heterocycles. The summed E-state index contributed by atoms with van der Waals surface area (Å²) < 4.78 is 19.9. The number of carbonyl (C=O) groups excluding carboxylic acids is 1. The highest BCUT2D eigenvalue weighted by Gasteiger charge is 2.30. The number of aromatic nitrogens is 1. The molecule has 176 valence electrons. The number of nitrogens with two attached hydrogens (primary N) is 1. The number of aryl methyl sites for hydroxylation is 1. The number of fused-ring (bicyclic) bond motifs is 1. The number of amides is 1. The Hall–Kier alpha value is -2.90. The number of primary amides is 1. The van der Waals surface area contributed by atoms with Gasteiger partial charge in [0.2, 0.25) is 5.91 Å². The fraction of sp³-hybridized carbons (Fsp3) is 0.423. The molecule has 0 radical (unpaired) electrons. The molecule has 4 rings (SSSR count). The van der Waals surface area contributed by atoms with E-state index < -0.39 is 12.1 Å². The third-order valence-corrected chi connectivity index (χ3v) is 6.75. The molecule has 3 aromatic rings. The Morgan fingerprint density at radius 1 is 1.27 bits per heavy atom. The number of piperazine rings is 1. The van der Waals surface area contributed by atoms with Gasteiger partial charge >= 0.3 is 0 Å². The molecule has 0 bridgehead atoms. The Balaban J connectivity index is 1.67. The van der Waals surface area contributed by atoms with Crippen LogP contribution in [-0.4, -0.2) is 60.2 Å². The van der Waals surface area contributed by atoms with Crippen LogP contribution in [-0.2, 0) is 6.54 Å². The number of nitrogens with zero attached hydrogens (tertiary/aromatic N) is 2.